The van der Waals surface area contributed by atoms with Crippen LogP contribution in [-0.2, 0) is 0 Å². The zero-order chi connectivity index (χ0) is 16.7. The Hall–Kier alpha value is -1.80. The number of thioether (sulfide) groups is 1. The van der Waals surface area contributed by atoms with E-state index in [1.54, 1.807) is 11.8 Å². The van der Waals surface area contributed by atoms with E-state index in [0.717, 1.165) is 0 Å². The SMILES string of the molecule is C/C(C=CSC1=CC2N=CC=CC2=CC=C1)=C/C=C(/C)C(C)C. The van der Waals surface area contributed by atoms with Crippen molar-refractivity contribution >= 4 is 18.0 Å². The van der Waals surface area contributed by atoms with Gasteiger partial charge in [0, 0.05) is 11.1 Å². The second-order valence-corrected chi connectivity index (χ2v) is 7.07. The molecular formula is C21H25NS. The number of fused-ring (bicyclic) bond motifs is 1. The van der Waals surface area contributed by atoms with E-state index in [1.165, 1.54) is 21.6 Å². The van der Waals surface area contributed by atoms with Gasteiger partial charge in [-0.3, -0.25) is 4.99 Å². The molecule has 1 aliphatic heterocycles. The lowest BCUT2D eigenvalue weighted by molar-refractivity contribution is 0.769. The van der Waals surface area contributed by atoms with E-state index in [1.807, 2.05) is 12.3 Å². The van der Waals surface area contributed by atoms with E-state index in [-0.39, 0.29) is 6.04 Å². The molecule has 2 heteroatoms. The van der Waals surface area contributed by atoms with Gasteiger partial charge in [-0.2, -0.15) is 0 Å². The van der Waals surface area contributed by atoms with E-state index in [0.29, 0.717) is 5.92 Å². The number of dihydropyridines is 1. The molecule has 0 bridgehead atoms. The van der Waals surface area contributed by atoms with Crippen molar-refractivity contribution in [1.82, 2.24) is 0 Å². The molecule has 0 N–H and O–H groups in total. The minimum atomic E-state index is 0.152. The van der Waals surface area contributed by atoms with Gasteiger partial charge in [0.2, 0.25) is 0 Å². The molecule has 120 valence electrons. The van der Waals surface area contributed by atoms with Crippen LogP contribution >= 0.6 is 11.8 Å². The highest BCUT2D eigenvalue weighted by molar-refractivity contribution is 8.06. The van der Waals surface area contributed by atoms with Gasteiger partial charge in [0.05, 0.1) is 6.04 Å². The Morgan fingerprint density at radius 2 is 2.00 bits per heavy atom. The summed E-state index contributed by atoms with van der Waals surface area (Å²) < 4.78 is 0. The summed E-state index contributed by atoms with van der Waals surface area (Å²) >= 11 is 1.74. The molecule has 0 radical (unpaired) electrons. The molecule has 0 aromatic rings. The minimum Gasteiger partial charge on any atom is -0.281 e. The number of hydrogen-bond acceptors (Lipinski definition) is 2. The summed E-state index contributed by atoms with van der Waals surface area (Å²) in [5.41, 5.74) is 3.91. The first kappa shape index (κ1) is 17.6. The van der Waals surface area contributed by atoms with Crippen molar-refractivity contribution < 1.29 is 0 Å². The molecule has 0 aromatic carbocycles. The Morgan fingerprint density at radius 3 is 2.78 bits per heavy atom. The Bertz CT molecular complexity index is 664. The van der Waals surface area contributed by atoms with Gasteiger partial charge in [0.15, 0.2) is 0 Å². The highest BCUT2D eigenvalue weighted by atomic mass is 32.2. The maximum atomic E-state index is 4.52. The number of aliphatic imine (C=N–C) groups is 1. The molecule has 1 unspecified atom stereocenters. The van der Waals surface area contributed by atoms with E-state index in [9.17, 15) is 0 Å². The topological polar surface area (TPSA) is 12.4 Å². The maximum absolute atomic E-state index is 4.52. The third kappa shape index (κ3) is 5.72. The van der Waals surface area contributed by atoms with Crippen molar-refractivity contribution in [3.63, 3.8) is 0 Å². The summed E-state index contributed by atoms with van der Waals surface area (Å²) in [6.45, 7) is 8.75. The molecule has 0 saturated carbocycles. The zero-order valence-electron chi connectivity index (χ0n) is 14.4. The molecule has 0 amide bonds. The molecule has 2 rings (SSSR count). The van der Waals surface area contributed by atoms with Crippen molar-refractivity contribution in [3.05, 3.63) is 81.7 Å². The monoisotopic (exact) mass is 323 g/mol. The van der Waals surface area contributed by atoms with E-state index < -0.39 is 0 Å². The Morgan fingerprint density at radius 1 is 1.17 bits per heavy atom. The highest BCUT2D eigenvalue weighted by Gasteiger charge is 2.11. The fraction of sp³-hybridized carbons (Fsp3) is 0.286. The zero-order valence-corrected chi connectivity index (χ0v) is 15.2. The lowest BCUT2D eigenvalue weighted by Gasteiger charge is -2.11. The Labute approximate surface area is 144 Å². The lowest BCUT2D eigenvalue weighted by Crippen LogP contribution is -2.06. The second kappa shape index (κ2) is 8.73. The van der Waals surface area contributed by atoms with Gasteiger partial charge in [-0.1, -0.05) is 73.2 Å². The number of rotatable bonds is 5. The average molecular weight is 324 g/mol. The number of nitrogens with zero attached hydrogens (tertiary/aromatic N) is 1. The lowest BCUT2D eigenvalue weighted by atomic mass is 10.0. The Kier molecular flexibility index (Phi) is 6.66. The molecule has 0 saturated heterocycles. The van der Waals surface area contributed by atoms with Gasteiger partial charge >= 0.3 is 0 Å². The third-order valence-electron chi connectivity index (χ3n) is 3.89. The standard InChI is InChI=1S/C21H25NS/c1-16(2)18(4)11-10-17(3)12-14-23-20-9-5-7-19-8-6-13-22-21(19)15-20/h5-16,21H,1-4H3/b14-12?,17-10-,18-11-. The van der Waals surface area contributed by atoms with Crippen molar-refractivity contribution in [2.75, 3.05) is 0 Å². The van der Waals surface area contributed by atoms with Crippen LogP contribution in [0.15, 0.2) is 86.7 Å². The number of hydrogen-bond donors (Lipinski definition) is 0. The third-order valence-corrected chi connectivity index (χ3v) is 4.71. The predicted octanol–water partition coefficient (Wildman–Crippen LogP) is 6.17. The number of allylic oxidation sites excluding steroid dienone is 9. The van der Waals surface area contributed by atoms with Crippen LogP contribution < -0.4 is 0 Å². The fourth-order valence-corrected chi connectivity index (χ4v) is 2.85. The van der Waals surface area contributed by atoms with Crippen LogP contribution in [0.2, 0.25) is 0 Å². The largest absolute Gasteiger partial charge is 0.281 e. The van der Waals surface area contributed by atoms with Crippen LogP contribution in [0.25, 0.3) is 0 Å². The van der Waals surface area contributed by atoms with Crippen molar-refractivity contribution in [3.8, 4) is 0 Å². The van der Waals surface area contributed by atoms with Crippen molar-refractivity contribution in [2.24, 2.45) is 10.9 Å². The van der Waals surface area contributed by atoms with Crippen LogP contribution in [0.3, 0.4) is 0 Å². The summed E-state index contributed by atoms with van der Waals surface area (Å²) in [6.07, 6.45) is 21.1. The molecule has 1 atom stereocenters. The van der Waals surface area contributed by atoms with Gasteiger partial charge < -0.3 is 0 Å². The molecule has 0 spiro atoms. The van der Waals surface area contributed by atoms with Gasteiger partial charge in [0.1, 0.15) is 0 Å². The van der Waals surface area contributed by atoms with Crippen molar-refractivity contribution in [2.45, 2.75) is 33.7 Å². The first-order valence-corrected chi connectivity index (χ1v) is 8.92. The van der Waals surface area contributed by atoms with Gasteiger partial charge in [-0.05, 0) is 49.0 Å². The van der Waals surface area contributed by atoms with Crippen LogP contribution in [0.1, 0.15) is 27.7 Å². The summed E-state index contributed by atoms with van der Waals surface area (Å²) in [5, 5.41) is 2.15. The summed E-state index contributed by atoms with van der Waals surface area (Å²) in [6, 6.07) is 0.152. The van der Waals surface area contributed by atoms with E-state index in [4.69, 9.17) is 0 Å². The summed E-state index contributed by atoms with van der Waals surface area (Å²) in [7, 11) is 0. The first-order chi connectivity index (χ1) is 11.1. The van der Waals surface area contributed by atoms with Gasteiger partial charge in [-0.15, -0.1) is 0 Å². The van der Waals surface area contributed by atoms with Gasteiger partial charge in [-0.25, -0.2) is 0 Å². The Balaban J connectivity index is 1.97. The van der Waals surface area contributed by atoms with E-state index >= 15 is 0 Å². The van der Waals surface area contributed by atoms with Crippen LogP contribution in [0.5, 0.6) is 0 Å². The molecular weight excluding hydrogens is 298 g/mol. The maximum Gasteiger partial charge on any atom is 0.0944 e. The van der Waals surface area contributed by atoms with E-state index in [2.05, 4.69) is 86.7 Å². The smallest absolute Gasteiger partial charge is 0.0944 e. The molecule has 0 fully saturated rings. The molecule has 23 heavy (non-hydrogen) atoms. The van der Waals surface area contributed by atoms with Crippen LogP contribution in [0, 0.1) is 5.92 Å². The van der Waals surface area contributed by atoms with Gasteiger partial charge in [0.25, 0.3) is 0 Å². The second-order valence-electron chi connectivity index (χ2n) is 6.09. The van der Waals surface area contributed by atoms with Crippen LogP contribution in [0.4, 0.5) is 0 Å². The molecule has 2 aliphatic rings. The normalized spacial score (nSPS) is 21.5. The van der Waals surface area contributed by atoms with Crippen LogP contribution in [-0.4, -0.2) is 12.3 Å². The predicted molar refractivity (Wildman–Crippen MR) is 106 cm³/mol. The molecule has 1 aliphatic carbocycles. The minimum absolute atomic E-state index is 0.152. The quantitative estimate of drug-likeness (QED) is 0.551. The summed E-state index contributed by atoms with van der Waals surface area (Å²) in [5.74, 6) is 0.602. The summed E-state index contributed by atoms with van der Waals surface area (Å²) in [4.78, 5) is 5.75. The highest BCUT2D eigenvalue weighted by Crippen LogP contribution is 2.26. The first-order valence-electron chi connectivity index (χ1n) is 8.04. The fourth-order valence-electron chi connectivity index (χ4n) is 2.05. The van der Waals surface area contributed by atoms with Crippen molar-refractivity contribution in [1.29, 1.82) is 0 Å². The average Bonchev–Trinajstić information content (AvgIpc) is 2.74. The molecule has 1 nitrogen and oxygen atoms in total. The molecule has 0 aromatic heterocycles. The molecule has 1 heterocycles.